The summed E-state index contributed by atoms with van der Waals surface area (Å²) in [7, 11) is 0. The first-order valence-electron chi connectivity index (χ1n) is 8.48. The van der Waals surface area contributed by atoms with Crippen LogP contribution >= 0.6 is 11.3 Å². The van der Waals surface area contributed by atoms with Crippen LogP contribution in [0.3, 0.4) is 0 Å². The normalized spacial score (nSPS) is 16.0. The number of nitrogens with one attached hydrogen (secondary N) is 1. The van der Waals surface area contributed by atoms with Gasteiger partial charge in [0.2, 0.25) is 17.6 Å². The van der Waals surface area contributed by atoms with E-state index in [0.29, 0.717) is 11.7 Å². The molecule has 0 saturated heterocycles. The lowest BCUT2D eigenvalue weighted by atomic mass is 9.83. The van der Waals surface area contributed by atoms with Crippen LogP contribution < -0.4 is 5.32 Å². The number of amides is 1. The van der Waals surface area contributed by atoms with E-state index < -0.39 is 5.41 Å². The first-order chi connectivity index (χ1) is 12.3. The molecule has 1 aliphatic carbocycles. The summed E-state index contributed by atoms with van der Waals surface area (Å²) in [6.45, 7) is 0.256. The predicted octanol–water partition coefficient (Wildman–Crippen LogP) is 3.93. The maximum absolute atomic E-state index is 12.9. The van der Waals surface area contributed by atoms with Crippen molar-refractivity contribution in [2.75, 3.05) is 0 Å². The van der Waals surface area contributed by atoms with E-state index in [1.807, 2.05) is 41.8 Å². The van der Waals surface area contributed by atoms with Crippen molar-refractivity contribution in [3.63, 3.8) is 0 Å². The first-order valence-corrected chi connectivity index (χ1v) is 9.36. The molecule has 5 nitrogen and oxygen atoms in total. The number of benzene rings is 1. The van der Waals surface area contributed by atoms with Crippen LogP contribution in [0, 0.1) is 0 Å². The fourth-order valence-electron chi connectivity index (χ4n) is 3.47. The summed E-state index contributed by atoms with van der Waals surface area (Å²) in [6, 6.07) is 13.7. The lowest BCUT2D eigenvalue weighted by Gasteiger charge is -2.26. The van der Waals surface area contributed by atoms with Crippen molar-refractivity contribution in [3.05, 3.63) is 58.6 Å². The van der Waals surface area contributed by atoms with Gasteiger partial charge in [-0.1, -0.05) is 54.4 Å². The van der Waals surface area contributed by atoms with Gasteiger partial charge in [-0.05, 0) is 24.3 Å². The van der Waals surface area contributed by atoms with Crippen molar-refractivity contribution in [2.24, 2.45) is 0 Å². The van der Waals surface area contributed by atoms with E-state index in [-0.39, 0.29) is 12.5 Å². The Hall–Kier alpha value is -2.47. The number of hydrogen-bond donors (Lipinski definition) is 1. The van der Waals surface area contributed by atoms with Crippen LogP contribution in [0.1, 0.15) is 36.5 Å². The van der Waals surface area contributed by atoms with Gasteiger partial charge < -0.3 is 9.84 Å². The van der Waals surface area contributed by atoms with E-state index in [4.69, 9.17) is 4.52 Å². The highest BCUT2D eigenvalue weighted by Crippen LogP contribution is 2.43. The van der Waals surface area contributed by atoms with E-state index in [2.05, 4.69) is 21.5 Å². The van der Waals surface area contributed by atoms with Gasteiger partial charge in [0.15, 0.2) is 0 Å². The fraction of sp³-hybridized carbons (Fsp3) is 0.316. The van der Waals surface area contributed by atoms with Crippen LogP contribution in [-0.2, 0) is 16.8 Å². The Morgan fingerprint density at radius 2 is 1.96 bits per heavy atom. The smallest absolute Gasteiger partial charge is 0.246 e. The van der Waals surface area contributed by atoms with Gasteiger partial charge in [0.1, 0.15) is 0 Å². The number of nitrogens with zero attached hydrogens (tertiary/aromatic N) is 2. The number of thiophene rings is 1. The number of carbonyl (C=O) groups excluding carboxylic acids is 1. The van der Waals surface area contributed by atoms with Crippen LogP contribution in [0.5, 0.6) is 0 Å². The Labute approximate surface area is 150 Å². The van der Waals surface area contributed by atoms with Gasteiger partial charge in [-0.25, -0.2) is 0 Å². The van der Waals surface area contributed by atoms with Gasteiger partial charge in [-0.2, -0.15) is 4.98 Å². The summed E-state index contributed by atoms with van der Waals surface area (Å²) in [6.07, 6.45) is 3.98. The molecule has 2 aromatic heterocycles. The SMILES string of the molecule is O=C(NCc1nc(-c2ccccc2)no1)C1(c2cccs2)CCCC1. The summed E-state index contributed by atoms with van der Waals surface area (Å²) < 4.78 is 5.28. The van der Waals surface area contributed by atoms with Gasteiger partial charge in [-0.15, -0.1) is 11.3 Å². The zero-order chi connectivity index (χ0) is 17.1. The average Bonchev–Trinajstić information content (AvgIpc) is 3.42. The quantitative estimate of drug-likeness (QED) is 0.755. The third kappa shape index (κ3) is 3.09. The molecule has 128 valence electrons. The highest BCUT2D eigenvalue weighted by Gasteiger charge is 2.43. The Bertz CT molecular complexity index is 837. The van der Waals surface area contributed by atoms with E-state index in [1.165, 1.54) is 0 Å². The summed E-state index contributed by atoms with van der Waals surface area (Å²) >= 11 is 1.66. The zero-order valence-corrected chi connectivity index (χ0v) is 14.6. The topological polar surface area (TPSA) is 68.0 Å². The van der Waals surface area contributed by atoms with Crippen molar-refractivity contribution in [1.82, 2.24) is 15.5 Å². The molecule has 0 unspecified atom stereocenters. The van der Waals surface area contributed by atoms with Gasteiger partial charge in [0.05, 0.1) is 12.0 Å². The van der Waals surface area contributed by atoms with Crippen LogP contribution in [0.4, 0.5) is 0 Å². The Morgan fingerprint density at radius 1 is 1.16 bits per heavy atom. The molecular weight excluding hydrogens is 334 g/mol. The first kappa shape index (κ1) is 16.0. The number of aromatic nitrogens is 2. The molecule has 4 rings (SSSR count). The molecule has 1 saturated carbocycles. The predicted molar refractivity (Wildman–Crippen MR) is 96.0 cm³/mol. The molecule has 1 aromatic carbocycles. The fourth-order valence-corrected chi connectivity index (χ4v) is 4.45. The monoisotopic (exact) mass is 353 g/mol. The molecule has 0 spiro atoms. The maximum Gasteiger partial charge on any atom is 0.246 e. The molecule has 1 amide bonds. The van der Waals surface area contributed by atoms with E-state index in [0.717, 1.165) is 36.1 Å². The summed E-state index contributed by atoms with van der Waals surface area (Å²) in [5, 5.41) is 9.03. The summed E-state index contributed by atoms with van der Waals surface area (Å²) in [5.41, 5.74) is 0.505. The maximum atomic E-state index is 12.9. The number of rotatable bonds is 5. The van der Waals surface area contributed by atoms with Gasteiger partial charge in [-0.3, -0.25) is 4.79 Å². The Morgan fingerprint density at radius 3 is 2.68 bits per heavy atom. The van der Waals surface area contributed by atoms with Crippen LogP contribution in [-0.4, -0.2) is 16.0 Å². The van der Waals surface area contributed by atoms with E-state index in [1.54, 1.807) is 11.3 Å². The van der Waals surface area contributed by atoms with E-state index >= 15 is 0 Å². The number of carbonyl (C=O) groups is 1. The second kappa shape index (κ2) is 6.80. The standard InChI is InChI=1S/C19H19N3O2S/c23-18(19(10-4-5-11-19)15-9-6-12-25-15)20-13-16-21-17(22-24-16)14-7-2-1-3-8-14/h1-3,6-9,12H,4-5,10-11,13H2,(H,20,23). The minimum Gasteiger partial charge on any atom is -0.346 e. The van der Waals surface area contributed by atoms with Crippen LogP contribution in [0.2, 0.25) is 0 Å². The minimum absolute atomic E-state index is 0.0620. The largest absolute Gasteiger partial charge is 0.346 e. The third-order valence-electron chi connectivity index (χ3n) is 4.78. The lowest BCUT2D eigenvalue weighted by Crippen LogP contribution is -2.41. The zero-order valence-electron chi connectivity index (χ0n) is 13.8. The van der Waals surface area contributed by atoms with Crippen molar-refractivity contribution in [1.29, 1.82) is 0 Å². The molecular formula is C19H19N3O2S. The number of hydrogen-bond acceptors (Lipinski definition) is 5. The second-order valence-electron chi connectivity index (χ2n) is 6.33. The Kier molecular flexibility index (Phi) is 4.36. The highest BCUT2D eigenvalue weighted by molar-refractivity contribution is 7.10. The summed E-state index contributed by atoms with van der Waals surface area (Å²) in [4.78, 5) is 18.4. The molecule has 0 radical (unpaired) electrons. The Balaban J connectivity index is 1.46. The molecule has 3 aromatic rings. The van der Waals surface area contributed by atoms with Crippen LogP contribution in [0.25, 0.3) is 11.4 Å². The molecule has 0 atom stereocenters. The van der Waals surface area contributed by atoms with Crippen molar-refractivity contribution >= 4 is 17.2 Å². The van der Waals surface area contributed by atoms with Gasteiger partial charge in [0, 0.05) is 10.4 Å². The molecule has 6 heteroatoms. The molecule has 1 aliphatic rings. The molecule has 0 aliphatic heterocycles. The molecule has 0 bridgehead atoms. The molecule has 25 heavy (non-hydrogen) atoms. The highest BCUT2D eigenvalue weighted by atomic mass is 32.1. The summed E-state index contributed by atoms with van der Waals surface area (Å²) in [5.74, 6) is 1.03. The van der Waals surface area contributed by atoms with Gasteiger partial charge in [0.25, 0.3) is 0 Å². The van der Waals surface area contributed by atoms with Gasteiger partial charge >= 0.3 is 0 Å². The lowest BCUT2D eigenvalue weighted by molar-refractivity contribution is -0.126. The molecule has 2 heterocycles. The third-order valence-corrected chi connectivity index (χ3v) is 5.86. The minimum atomic E-state index is -0.392. The average molecular weight is 353 g/mol. The van der Waals surface area contributed by atoms with Crippen molar-refractivity contribution in [2.45, 2.75) is 37.6 Å². The second-order valence-corrected chi connectivity index (χ2v) is 7.27. The molecule has 1 N–H and O–H groups in total. The van der Waals surface area contributed by atoms with Crippen LogP contribution in [0.15, 0.2) is 52.4 Å². The van der Waals surface area contributed by atoms with Crippen molar-refractivity contribution < 1.29 is 9.32 Å². The van der Waals surface area contributed by atoms with Crippen molar-refractivity contribution in [3.8, 4) is 11.4 Å². The molecule has 1 fully saturated rings. The van der Waals surface area contributed by atoms with E-state index in [9.17, 15) is 4.79 Å².